The van der Waals surface area contributed by atoms with Gasteiger partial charge < -0.3 is 10.3 Å². The van der Waals surface area contributed by atoms with Gasteiger partial charge in [0, 0.05) is 31.3 Å². The van der Waals surface area contributed by atoms with Gasteiger partial charge in [0.2, 0.25) is 11.2 Å². The first-order valence-electron chi connectivity index (χ1n) is 7.52. The van der Waals surface area contributed by atoms with Crippen molar-refractivity contribution in [1.82, 2.24) is 18.7 Å². The molecule has 3 rings (SSSR count). The summed E-state index contributed by atoms with van der Waals surface area (Å²) in [4.78, 5) is 50.6. The Bertz CT molecular complexity index is 1240. The van der Waals surface area contributed by atoms with E-state index in [1.54, 1.807) is 0 Å². The predicted molar refractivity (Wildman–Crippen MR) is 95.9 cm³/mol. The lowest BCUT2D eigenvalue weighted by Gasteiger charge is -2.09. The van der Waals surface area contributed by atoms with Gasteiger partial charge in [-0.25, -0.2) is 4.79 Å². The highest BCUT2D eigenvalue weighted by Crippen LogP contribution is 2.24. The number of carbonyl (C=O) groups excluding carboxylic acids is 1. The van der Waals surface area contributed by atoms with Crippen molar-refractivity contribution in [2.24, 2.45) is 19.8 Å². The fourth-order valence-corrected chi connectivity index (χ4v) is 2.98. The van der Waals surface area contributed by atoms with Crippen molar-refractivity contribution >= 4 is 34.4 Å². The predicted octanol–water partition coefficient (Wildman–Crippen LogP) is 0.142. The van der Waals surface area contributed by atoms with Crippen molar-refractivity contribution in [3.8, 4) is 0 Å². The van der Waals surface area contributed by atoms with Crippen LogP contribution in [0.1, 0.15) is 15.9 Å². The smallest absolute Gasteiger partial charge is 0.332 e. The molecule has 0 unspecified atom stereocenters. The molecule has 0 aliphatic carbocycles. The van der Waals surface area contributed by atoms with Crippen LogP contribution in [0.5, 0.6) is 0 Å². The van der Waals surface area contributed by atoms with Crippen LogP contribution in [0.25, 0.3) is 11.2 Å². The second kappa shape index (κ2) is 6.36. The van der Waals surface area contributed by atoms with Gasteiger partial charge in [0.1, 0.15) is 0 Å². The second-order valence-electron chi connectivity index (χ2n) is 5.81. The zero-order valence-electron chi connectivity index (χ0n) is 14.2. The van der Waals surface area contributed by atoms with Crippen LogP contribution in [0.15, 0.2) is 27.8 Å². The van der Waals surface area contributed by atoms with Crippen LogP contribution >= 0.6 is 11.6 Å². The number of amides is 1. The molecule has 0 spiro atoms. The average Bonchev–Trinajstić information content (AvgIpc) is 2.94. The van der Waals surface area contributed by atoms with E-state index < -0.39 is 22.1 Å². The molecule has 0 aliphatic rings. The molecule has 0 bridgehead atoms. The number of hydrogen-bond donors (Lipinski definition) is 1. The highest BCUT2D eigenvalue weighted by molar-refractivity contribution is 6.29. The summed E-state index contributed by atoms with van der Waals surface area (Å²) >= 11 is 6.12. The van der Waals surface area contributed by atoms with Crippen LogP contribution in [-0.4, -0.2) is 29.5 Å². The van der Waals surface area contributed by atoms with Gasteiger partial charge in [0.05, 0.1) is 11.5 Å². The summed E-state index contributed by atoms with van der Waals surface area (Å²) in [6.45, 7) is -0.169. The molecular weight excluding hydrogens is 380 g/mol. The van der Waals surface area contributed by atoms with Gasteiger partial charge in [0.25, 0.3) is 11.2 Å². The molecule has 11 nitrogen and oxygen atoms in total. The second-order valence-corrected chi connectivity index (χ2v) is 6.15. The summed E-state index contributed by atoms with van der Waals surface area (Å²) in [5.41, 5.74) is 3.84. The largest absolute Gasteiger partial charge is 0.366 e. The number of nitro groups is 1. The third-order valence-corrected chi connectivity index (χ3v) is 4.48. The topological polar surface area (TPSA) is 148 Å². The maximum Gasteiger partial charge on any atom is 0.332 e. The molecule has 2 N–H and O–H groups in total. The Labute approximate surface area is 155 Å². The van der Waals surface area contributed by atoms with Crippen molar-refractivity contribution in [2.45, 2.75) is 6.54 Å². The van der Waals surface area contributed by atoms with Crippen LogP contribution < -0.4 is 17.0 Å². The Morgan fingerprint density at radius 2 is 1.96 bits per heavy atom. The summed E-state index contributed by atoms with van der Waals surface area (Å²) in [6.07, 6.45) is 0. The van der Waals surface area contributed by atoms with E-state index in [0.29, 0.717) is 0 Å². The number of fused-ring (bicyclic) bond motifs is 1. The molecule has 0 radical (unpaired) electrons. The van der Waals surface area contributed by atoms with E-state index in [1.807, 2.05) is 0 Å². The molecule has 0 saturated carbocycles. The van der Waals surface area contributed by atoms with Gasteiger partial charge in [0.15, 0.2) is 11.2 Å². The van der Waals surface area contributed by atoms with Gasteiger partial charge in [-0.15, -0.1) is 0 Å². The lowest BCUT2D eigenvalue weighted by atomic mass is 10.1. The van der Waals surface area contributed by atoms with Gasteiger partial charge in [-0.1, -0.05) is 0 Å². The highest BCUT2D eigenvalue weighted by Gasteiger charge is 2.22. The first kappa shape index (κ1) is 18.3. The molecule has 0 fully saturated rings. The summed E-state index contributed by atoms with van der Waals surface area (Å²) in [6, 6.07) is 3.75. The fourth-order valence-electron chi connectivity index (χ4n) is 2.76. The van der Waals surface area contributed by atoms with Crippen LogP contribution in [-0.2, 0) is 20.6 Å². The van der Waals surface area contributed by atoms with Gasteiger partial charge >= 0.3 is 5.69 Å². The van der Waals surface area contributed by atoms with Gasteiger partial charge in [-0.3, -0.25) is 28.8 Å². The number of aryl methyl sites for hydroxylation is 1. The number of nitrogens with zero attached hydrogens (tertiary/aromatic N) is 5. The lowest BCUT2D eigenvalue weighted by Crippen LogP contribution is -2.37. The minimum absolute atomic E-state index is 0.0228. The third kappa shape index (κ3) is 2.87. The van der Waals surface area contributed by atoms with E-state index in [1.165, 1.54) is 30.8 Å². The van der Waals surface area contributed by atoms with Crippen LogP contribution in [0.3, 0.4) is 0 Å². The number of rotatable bonds is 4. The van der Waals surface area contributed by atoms with Crippen LogP contribution in [0.2, 0.25) is 5.28 Å². The molecule has 1 amide bonds. The normalized spacial score (nSPS) is 11.1. The first-order chi connectivity index (χ1) is 12.6. The Morgan fingerprint density at radius 3 is 2.56 bits per heavy atom. The molecule has 12 heteroatoms. The SMILES string of the molecule is Cn1c(=O)c2c(nc(Cl)n2Cc2ccc(C(N)=O)cc2[N+](=O)[O-])n(C)c1=O. The number of halogens is 1. The minimum atomic E-state index is -0.806. The highest BCUT2D eigenvalue weighted by atomic mass is 35.5. The van der Waals surface area contributed by atoms with Crippen LogP contribution in [0, 0.1) is 10.1 Å². The summed E-state index contributed by atoms with van der Waals surface area (Å²) in [5.74, 6) is -0.806. The molecule has 1 aromatic carbocycles. The monoisotopic (exact) mass is 392 g/mol. The molecule has 2 heterocycles. The summed E-state index contributed by atoms with van der Waals surface area (Å²) in [7, 11) is 2.74. The van der Waals surface area contributed by atoms with Crippen molar-refractivity contribution < 1.29 is 9.72 Å². The molecule has 140 valence electrons. The van der Waals surface area contributed by atoms with E-state index >= 15 is 0 Å². The summed E-state index contributed by atoms with van der Waals surface area (Å²) in [5, 5.41) is 11.3. The Morgan fingerprint density at radius 1 is 1.30 bits per heavy atom. The maximum atomic E-state index is 12.5. The lowest BCUT2D eigenvalue weighted by molar-refractivity contribution is -0.385. The Balaban J connectivity index is 2.26. The molecule has 0 atom stereocenters. The Kier molecular flexibility index (Phi) is 4.31. The number of primary amides is 1. The van der Waals surface area contributed by atoms with E-state index in [-0.39, 0.29) is 39.8 Å². The van der Waals surface area contributed by atoms with Crippen molar-refractivity contribution in [2.75, 3.05) is 0 Å². The number of carbonyl (C=O) groups is 1. The van der Waals surface area contributed by atoms with E-state index in [4.69, 9.17) is 17.3 Å². The molecular formula is C15H13ClN6O5. The number of aromatic nitrogens is 4. The first-order valence-corrected chi connectivity index (χ1v) is 7.90. The van der Waals surface area contributed by atoms with Crippen molar-refractivity contribution in [3.05, 3.63) is 65.6 Å². The fraction of sp³-hybridized carbons (Fsp3) is 0.200. The zero-order valence-corrected chi connectivity index (χ0v) is 14.9. The number of nitrogens with two attached hydrogens (primary N) is 1. The molecule has 2 aromatic heterocycles. The Hall–Kier alpha value is -3.47. The molecule has 0 saturated heterocycles. The average molecular weight is 393 g/mol. The van der Waals surface area contributed by atoms with Crippen LogP contribution in [0.4, 0.5) is 5.69 Å². The maximum absolute atomic E-state index is 12.5. The van der Waals surface area contributed by atoms with E-state index in [2.05, 4.69) is 4.98 Å². The summed E-state index contributed by atoms with van der Waals surface area (Å²) < 4.78 is 3.32. The molecule has 27 heavy (non-hydrogen) atoms. The van der Waals surface area contributed by atoms with Crippen molar-refractivity contribution in [3.63, 3.8) is 0 Å². The quantitative estimate of drug-likeness (QED) is 0.379. The minimum Gasteiger partial charge on any atom is -0.366 e. The zero-order chi connectivity index (χ0) is 20.0. The standard InChI is InChI=1S/C15H13ClN6O5/c1-19-12-10(13(24)20(2)15(19)25)21(14(16)18-12)6-8-4-3-7(11(17)23)5-9(8)22(26)27/h3-5H,6H2,1-2H3,(H2,17,23). The van der Waals surface area contributed by atoms with Crippen molar-refractivity contribution in [1.29, 1.82) is 0 Å². The number of nitro benzene ring substituents is 1. The van der Waals surface area contributed by atoms with E-state index in [0.717, 1.165) is 15.2 Å². The number of hydrogen-bond acceptors (Lipinski definition) is 6. The number of benzene rings is 1. The third-order valence-electron chi connectivity index (χ3n) is 4.20. The van der Waals surface area contributed by atoms with E-state index in [9.17, 15) is 24.5 Å². The van der Waals surface area contributed by atoms with Gasteiger partial charge in [-0.2, -0.15) is 4.98 Å². The molecule has 3 aromatic rings. The van der Waals surface area contributed by atoms with Gasteiger partial charge in [-0.05, 0) is 23.7 Å². The molecule has 0 aliphatic heterocycles. The number of imidazole rings is 1.